The summed E-state index contributed by atoms with van der Waals surface area (Å²) in [5.74, 6) is -0.202. The van der Waals surface area contributed by atoms with Crippen LogP contribution in [-0.4, -0.2) is 64.8 Å². The molecule has 112 valence electrons. The maximum atomic E-state index is 11.4. The molecular formula is C11H15NO8. The van der Waals surface area contributed by atoms with Gasteiger partial charge in [-0.15, -0.1) is 0 Å². The Hall–Kier alpha value is -1.52. The lowest BCUT2D eigenvalue weighted by atomic mass is 9.98. The van der Waals surface area contributed by atoms with Gasteiger partial charge in [-0.25, -0.2) is 0 Å². The summed E-state index contributed by atoms with van der Waals surface area (Å²) < 4.78 is 9.85. The third-order valence-electron chi connectivity index (χ3n) is 3.25. The average molecular weight is 289 g/mol. The van der Waals surface area contributed by atoms with E-state index in [0.717, 1.165) is 0 Å². The van der Waals surface area contributed by atoms with E-state index in [2.05, 4.69) is 5.32 Å². The zero-order chi connectivity index (χ0) is 15.0. The van der Waals surface area contributed by atoms with E-state index >= 15 is 0 Å². The Kier molecular flexibility index (Phi) is 4.06. The minimum Gasteiger partial charge on any atom is -0.491 e. The minimum atomic E-state index is -1.57. The van der Waals surface area contributed by atoms with Crippen molar-refractivity contribution in [1.82, 2.24) is 0 Å². The van der Waals surface area contributed by atoms with Crippen molar-refractivity contribution in [3.63, 3.8) is 0 Å². The van der Waals surface area contributed by atoms with E-state index in [-0.39, 0.29) is 11.4 Å². The first-order chi connectivity index (χ1) is 9.42. The number of aliphatic hydroxyl groups excluding tert-OH is 4. The molecule has 0 amide bonds. The molecule has 1 aliphatic heterocycles. The number of hydrogen-bond donors (Lipinski definition) is 5. The fourth-order valence-corrected chi connectivity index (χ4v) is 2.06. The molecule has 9 nitrogen and oxygen atoms in total. The van der Waals surface area contributed by atoms with Crippen LogP contribution in [0.5, 0.6) is 5.75 Å². The SMILES string of the molecule is COc1c(N[C@@H]2O[C@H](CO)[C@@H](O)[C@H](O)[C@H]2O)c(=O)c1=O. The molecule has 1 fully saturated rings. The quantitative estimate of drug-likeness (QED) is 0.356. The number of rotatable bonds is 4. The zero-order valence-corrected chi connectivity index (χ0v) is 10.5. The van der Waals surface area contributed by atoms with Crippen molar-refractivity contribution in [2.24, 2.45) is 0 Å². The average Bonchev–Trinajstić information content (AvgIpc) is 2.46. The van der Waals surface area contributed by atoms with Gasteiger partial charge >= 0.3 is 0 Å². The molecule has 2 rings (SSSR count). The molecule has 0 unspecified atom stereocenters. The summed E-state index contributed by atoms with van der Waals surface area (Å²) in [7, 11) is 1.20. The molecule has 20 heavy (non-hydrogen) atoms. The first-order valence-corrected chi connectivity index (χ1v) is 5.86. The van der Waals surface area contributed by atoms with Crippen LogP contribution < -0.4 is 20.9 Å². The number of nitrogens with one attached hydrogen (secondary N) is 1. The number of methoxy groups -OCH3 is 1. The molecule has 0 spiro atoms. The Morgan fingerprint density at radius 1 is 1.15 bits per heavy atom. The van der Waals surface area contributed by atoms with Gasteiger partial charge in [-0.3, -0.25) is 9.59 Å². The van der Waals surface area contributed by atoms with Crippen LogP contribution in [0.3, 0.4) is 0 Å². The lowest BCUT2D eigenvalue weighted by Gasteiger charge is -2.40. The minimum absolute atomic E-state index is 0.179. The molecule has 0 radical (unpaired) electrons. The van der Waals surface area contributed by atoms with Crippen LogP contribution >= 0.6 is 0 Å². The second-order valence-electron chi connectivity index (χ2n) is 4.46. The summed E-state index contributed by atoms with van der Waals surface area (Å²) in [6.45, 7) is -0.591. The molecule has 1 aromatic rings. The van der Waals surface area contributed by atoms with Gasteiger partial charge in [0.15, 0.2) is 12.0 Å². The van der Waals surface area contributed by atoms with E-state index in [1.807, 2.05) is 0 Å². The second-order valence-corrected chi connectivity index (χ2v) is 4.46. The number of ether oxygens (including phenoxy) is 2. The molecule has 1 heterocycles. The van der Waals surface area contributed by atoms with Crippen LogP contribution in [0.4, 0.5) is 5.69 Å². The Bertz CT molecular complexity index is 549. The van der Waals surface area contributed by atoms with Gasteiger partial charge in [0.25, 0.3) is 10.9 Å². The summed E-state index contributed by atoms with van der Waals surface area (Å²) in [5, 5.41) is 40.4. The van der Waals surface area contributed by atoms with Crippen LogP contribution in [0.25, 0.3) is 0 Å². The number of hydrogen-bond acceptors (Lipinski definition) is 9. The van der Waals surface area contributed by atoms with Gasteiger partial charge in [-0.05, 0) is 0 Å². The first-order valence-electron chi connectivity index (χ1n) is 5.86. The van der Waals surface area contributed by atoms with Gasteiger partial charge in [-0.1, -0.05) is 0 Å². The van der Waals surface area contributed by atoms with E-state index in [0.29, 0.717) is 0 Å². The van der Waals surface area contributed by atoms with Crippen LogP contribution in [0.2, 0.25) is 0 Å². The van der Waals surface area contributed by atoms with Crippen molar-refractivity contribution < 1.29 is 29.9 Å². The fraction of sp³-hybridized carbons (Fsp3) is 0.636. The molecule has 9 heteroatoms. The van der Waals surface area contributed by atoms with E-state index in [1.54, 1.807) is 0 Å². The van der Waals surface area contributed by atoms with E-state index < -0.39 is 48.1 Å². The van der Waals surface area contributed by atoms with Gasteiger partial charge in [0.2, 0.25) is 0 Å². The third kappa shape index (κ3) is 2.19. The molecule has 1 aliphatic rings. The summed E-state index contributed by atoms with van der Waals surface area (Å²) in [6.07, 6.45) is -7.01. The highest BCUT2D eigenvalue weighted by Crippen LogP contribution is 2.25. The number of aliphatic hydroxyl groups is 4. The highest BCUT2D eigenvalue weighted by Gasteiger charge is 2.44. The van der Waals surface area contributed by atoms with Gasteiger partial charge in [0.05, 0.1) is 13.7 Å². The Morgan fingerprint density at radius 3 is 2.35 bits per heavy atom. The van der Waals surface area contributed by atoms with Gasteiger partial charge in [0.1, 0.15) is 30.1 Å². The Labute approximate surface area is 112 Å². The molecule has 0 aliphatic carbocycles. The predicted octanol–water partition coefficient (Wildman–Crippen LogP) is -3.50. The maximum absolute atomic E-state index is 11.4. The van der Waals surface area contributed by atoms with Crippen molar-refractivity contribution in [1.29, 1.82) is 0 Å². The summed E-state index contributed by atoms with van der Waals surface area (Å²) in [5.41, 5.74) is -1.82. The highest BCUT2D eigenvalue weighted by molar-refractivity contribution is 5.62. The maximum Gasteiger partial charge on any atom is 0.271 e. The lowest BCUT2D eigenvalue weighted by molar-refractivity contribution is -0.221. The summed E-state index contributed by atoms with van der Waals surface area (Å²) in [6, 6.07) is 0. The summed E-state index contributed by atoms with van der Waals surface area (Å²) in [4.78, 5) is 22.5. The van der Waals surface area contributed by atoms with E-state index in [4.69, 9.17) is 14.6 Å². The fourth-order valence-electron chi connectivity index (χ4n) is 2.06. The monoisotopic (exact) mass is 289 g/mol. The number of anilines is 1. The smallest absolute Gasteiger partial charge is 0.271 e. The normalized spacial score (nSPS) is 34.1. The predicted molar refractivity (Wildman–Crippen MR) is 65.3 cm³/mol. The lowest BCUT2D eigenvalue weighted by Crippen LogP contribution is -2.61. The largest absolute Gasteiger partial charge is 0.491 e. The molecule has 1 saturated heterocycles. The topological polar surface area (TPSA) is 146 Å². The Balaban J connectivity index is 2.18. The molecular weight excluding hydrogens is 274 g/mol. The van der Waals surface area contributed by atoms with E-state index in [1.165, 1.54) is 7.11 Å². The summed E-state index contributed by atoms with van der Waals surface area (Å²) >= 11 is 0. The molecule has 0 bridgehead atoms. The Morgan fingerprint density at radius 2 is 1.80 bits per heavy atom. The first kappa shape index (κ1) is 14.9. The molecule has 0 aromatic heterocycles. The second kappa shape index (κ2) is 5.46. The molecule has 1 aromatic carbocycles. The van der Waals surface area contributed by atoms with Crippen LogP contribution in [0.15, 0.2) is 9.59 Å². The van der Waals surface area contributed by atoms with Crippen LogP contribution in [0, 0.1) is 0 Å². The zero-order valence-electron chi connectivity index (χ0n) is 10.5. The van der Waals surface area contributed by atoms with Crippen molar-refractivity contribution in [2.45, 2.75) is 30.6 Å². The standard InChI is InChI=1S/C11H15NO8/c1-19-10-4(6(15)8(10)17)12-11-9(18)7(16)5(14)3(2-13)20-11/h3,5,7,9,11-14,16,18H,2H2,1H3/t3-,5-,7+,9-,11-/m1/s1. The van der Waals surface area contributed by atoms with E-state index in [9.17, 15) is 24.9 Å². The van der Waals surface area contributed by atoms with Crippen LogP contribution in [0.1, 0.15) is 0 Å². The third-order valence-corrected chi connectivity index (χ3v) is 3.25. The molecule has 5 atom stereocenters. The molecule has 5 N–H and O–H groups in total. The van der Waals surface area contributed by atoms with Gasteiger partial charge in [0, 0.05) is 0 Å². The van der Waals surface area contributed by atoms with Crippen LogP contribution in [-0.2, 0) is 4.74 Å². The van der Waals surface area contributed by atoms with Crippen molar-refractivity contribution in [3.05, 3.63) is 20.4 Å². The molecule has 0 saturated carbocycles. The highest BCUT2D eigenvalue weighted by atomic mass is 16.6. The van der Waals surface area contributed by atoms with Gasteiger partial charge in [-0.2, -0.15) is 0 Å². The van der Waals surface area contributed by atoms with Crippen molar-refractivity contribution in [3.8, 4) is 5.75 Å². The van der Waals surface area contributed by atoms with Gasteiger partial charge < -0.3 is 35.2 Å². The van der Waals surface area contributed by atoms with Crippen molar-refractivity contribution in [2.75, 3.05) is 19.0 Å². The van der Waals surface area contributed by atoms with Crippen molar-refractivity contribution >= 4 is 5.69 Å².